The standard InChI is InChI=1S/C15H17N3O4/c1-10-6-14(18-22-10)17-15(19)4-5-16-8-11-2-3-12-13(7-11)21-9-20-12/h2-3,6-7,16H,4-5,8-9H2,1H3,(H,17,18,19). The zero-order valence-corrected chi connectivity index (χ0v) is 12.2. The van der Waals surface area contributed by atoms with E-state index >= 15 is 0 Å². The molecule has 116 valence electrons. The van der Waals surface area contributed by atoms with Gasteiger partial charge in [0.05, 0.1) is 0 Å². The van der Waals surface area contributed by atoms with E-state index in [1.807, 2.05) is 18.2 Å². The second-order valence-electron chi connectivity index (χ2n) is 4.99. The third kappa shape index (κ3) is 3.56. The largest absolute Gasteiger partial charge is 0.454 e. The molecule has 3 rings (SSSR count). The molecule has 7 heteroatoms. The summed E-state index contributed by atoms with van der Waals surface area (Å²) in [6, 6.07) is 7.48. The molecule has 1 aromatic heterocycles. The second kappa shape index (κ2) is 6.48. The van der Waals surface area contributed by atoms with Crippen LogP contribution in [0.25, 0.3) is 0 Å². The average molecular weight is 303 g/mol. The number of hydrogen-bond donors (Lipinski definition) is 2. The Bertz CT molecular complexity index is 669. The normalized spacial score (nSPS) is 12.4. The summed E-state index contributed by atoms with van der Waals surface area (Å²) in [4.78, 5) is 11.7. The van der Waals surface area contributed by atoms with E-state index in [2.05, 4.69) is 15.8 Å². The Morgan fingerprint density at radius 3 is 2.95 bits per heavy atom. The maximum Gasteiger partial charge on any atom is 0.231 e. The van der Waals surface area contributed by atoms with Gasteiger partial charge < -0.3 is 24.6 Å². The summed E-state index contributed by atoms with van der Waals surface area (Å²) in [5, 5.41) is 9.60. The fourth-order valence-electron chi connectivity index (χ4n) is 2.12. The van der Waals surface area contributed by atoms with Crippen LogP contribution in [0.2, 0.25) is 0 Å². The fourth-order valence-corrected chi connectivity index (χ4v) is 2.12. The molecule has 0 atom stereocenters. The number of amides is 1. The van der Waals surface area contributed by atoms with Gasteiger partial charge in [-0.1, -0.05) is 11.2 Å². The lowest BCUT2D eigenvalue weighted by Gasteiger charge is -2.06. The molecule has 0 aliphatic carbocycles. The van der Waals surface area contributed by atoms with Crippen molar-refractivity contribution in [3.63, 3.8) is 0 Å². The van der Waals surface area contributed by atoms with Crippen molar-refractivity contribution >= 4 is 11.7 Å². The Morgan fingerprint density at radius 1 is 1.27 bits per heavy atom. The lowest BCUT2D eigenvalue weighted by molar-refractivity contribution is -0.116. The molecule has 1 aliphatic rings. The zero-order valence-electron chi connectivity index (χ0n) is 12.2. The Hall–Kier alpha value is -2.54. The first-order valence-corrected chi connectivity index (χ1v) is 7.03. The lowest BCUT2D eigenvalue weighted by atomic mass is 10.2. The van der Waals surface area contributed by atoms with Crippen molar-refractivity contribution in [2.45, 2.75) is 19.9 Å². The molecule has 2 N–H and O–H groups in total. The van der Waals surface area contributed by atoms with E-state index in [0.717, 1.165) is 17.1 Å². The predicted molar refractivity (Wildman–Crippen MR) is 78.8 cm³/mol. The van der Waals surface area contributed by atoms with E-state index in [0.29, 0.717) is 31.1 Å². The van der Waals surface area contributed by atoms with Gasteiger partial charge in [0.2, 0.25) is 12.7 Å². The van der Waals surface area contributed by atoms with Crippen LogP contribution in [0.5, 0.6) is 11.5 Å². The summed E-state index contributed by atoms with van der Waals surface area (Å²) >= 11 is 0. The smallest absolute Gasteiger partial charge is 0.231 e. The van der Waals surface area contributed by atoms with Crippen molar-refractivity contribution in [3.8, 4) is 11.5 Å². The van der Waals surface area contributed by atoms with Crippen molar-refractivity contribution in [2.24, 2.45) is 0 Å². The van der Waals surface area contributed by atoms with Crippen molar-refractivity contribution in [1.29, 1.82) is 0 Å². The highest BCUT2D eigenvalue weighted by atomic mass is 16.7. The van der Waals surface area contributed by atoms with E-state index in [1.54, 1.807) is 13.0 Å². The fraction of sp³-hybridized carbons (Fsp3) is 0.333. The number of carbonyl (C=O) groups excluding carboxylic acids is 1. The predicted octanol–water partition coefficient (Wildman–Crippen LogP) is 1.83. The van der Waals surface area contributed by atoms with E-state index in [4.69, 9.17) is 14.0 Å². The first kappa shape index (κ1) is 14.4. The number of anilines is 1. The van der Waals surface area contributed by atoms with E-state index in [1.165, 1.54) is 0 Å². The minimum absolute atomic E-state index is 0.105. The number of hydrogen-bond acceptors (Lipinski definition) is 6. The summed E-state index contributed by atoms with van der Waals surface area (Å²) in [7, 11) is 0. The van der Waals surface area contributed by atoms with Crippen LogP contribution in [0.15, 0.2) is 28.8 Å². The maximum atomic E-state index is 11.7. The number of ether oxygens (including phenoxy) is 2. The molecule has 0 saturated carbocycles. The van der Waals surface area contributed by atoms with Gasteiger partial charge in [-0.2, -0.15) is 0 Å². The Morgan fingerprint density at radius 2 is 2.14 bits per heavy atom. The maximum absolute atomic E-state index is 11.7. The number of nitrogens with one attached hydrogen (secondary N) is 2. The number of benzene rings is 1. The first-order chi connectivity index (χ1) is 10.7. The highest BCUT2D eigenvalue weighted by Crippen LogP contribution is 2.32. The van der Waals surface area contributed by atoms with Crippen LogP contribution < -0.4 is 20.1 Å². The molecule has 0 fully saturated rings. The SMILES string of the molecule is Cc1cc(NC(=O)CCNCc2ccc3c(c2)OCO3)no1. The summed E-state index contributed by atoms with van der Waals surface area (Å²) in [6.45, 7) is 3.27. The van der Waals surface area contributed by atoms with Crippen LogP contribution in [0.1, 0.15) is 17.7 Å². The molecule has 1 aromatic carbocycles. The van der Waals surface area contributed by atoms with Crippen molar-refractivity contribution < 1.29 is 18.8 Å². The van der Waals surface area contributed by atoms with Crippen molar-refractivity contribution in [3.05, 3.63) is 35.6 Å². The van der Waals surface area contributed by atoms with Crippen LogP contribution in [0, 0.1) is 6.92 Å². The van der Waals surface area contributed by atoms with Crippen LogP contribution in [0.4, 0.5) is 5.82 Å². The van der Waals surface area contributed by atoms with Crippen molar-refractivity contribution in [1.82, 2.24) is 10.5 Å². The molecule has 1 aliphatic heterocycles. The molecule has 2 aromatic rings. The molecule has 0 bridgehead atoms. The van der Waals surface area contributed by atoms with E-state index < -0.39 is 0 Å². The molecule has 0 radical (unpaired) electrons. The topological polar surface area (TPSA) is 85.6 Å². The van der Waals surface area contributed by atoms with E-state index in [9.17, 15) is 4.79 Å². The second-order valence-corrected chi connectivity index (χ2v) is 4.99. The molecule has 0 saturated heterocycles. The average Bonchev–Trinajstić information content (AvgIpc) is 3.12. The number of aryl methyl sites for hydroxylation is 1. The Labute approximate surface area is 127 Å². The van der Waals surface area contributed by atoms with Gasteiger partial charge in [0, 0.05) is 25.6 Å². The molecule has 7 nitrogen and oxygen atoms in total. The highest BCUT2D eigenvalue weighted by Gasteiger charge is 2.13. The van der Waals surface area contributed by atoms with Gasteiger partial charge in [-0.05, 0) is 24.6 Å². The Kier molecular flexibility index (Phi) is 4.24. The summed E-state index contributed by atoms with van der Waals surface area (Å²) < 4.78 is 15.5. The zero-order chi connectivity index (χ0) is 15.4. The first-order valence-electron chi connectivity index (χ1n) is 7.03. The van der Waals surface area contributed by atoms with Crippen LogP contribution in [0.3, 0.4) is 0 Å². The third-order valence-electron chi connectivity index (χ3n) is 3.19. The van der Waals surface area contributed by atoms with Crippen LogP contribution in [-0.4, -0.2) is 24.4 Å². The van der Waals surface area contributed by atoms with Gasteiger partial charge in [-0.25, -0.2) is 0 Å². The van der Waals surface area contributed by atoms with Gasteiger partial charge in [0.1, 0.15) is 5.76 Å². The van der Waals surface area contributed by atoms with Gasteiger partial charge in [-0.15, -0.1) is 0 Å². The molecule has 0 unspecified atom stereocenters. The number of carbonyl (C=O) groups is 1. The monoisotopic (exact) mass is 303 g/mol. The molecule has 0 spiro atoms. The number of aromatic nitrogens is 1. The minimum atomic E-state index is -0.105. The van der Waals surface area contributed by atoms with Crippen molar-refractivity contribution in [2.75, 3.05) is 18.7 Å². The quantitative estimate of drug-likeness (QED) is 0.792. The Balaban J connectivity index is 1.39. The molecular weight excluding hydrogens is 286 g/mol. The van der Waals surface area contributed by atoms with Gasteiger partial charge in [-0.3, -0.25) is 4.79 Å². The lowest BCUT2D eigenvalue weighted by Crippen LogP contribution is -2.21. The summed E-state index contributed by atoms with van der Waals surface area (Å²) in [5.74, 6) is 2.53. The van der Waals surface area contributed by atoms with Crippen LogP contribution >= 0.6 is 0 Å². The minimum Gasteiger partial charge on any atom is -0.454 e. The highest BCUT2D eigenvalue weighted by molar-refractivity contribution is 5.89. The molecular formula is C15H17N3O4. The summed E-state index contributed by atoms with van der Waals surface area (Å²) in [5.41, 5.74) is 1.08. The molecule has 2 heterocycles. The number of nitrogens with zero attached hydrogens (tertiary/aromatic N) is 1. The van der Waals surface area contributed by atoms with Gasteiger partial charge in [0.25, 0.3) is 0 Å². The summed E-state index contributed by atoms with van der Waals surface area (Å²) in [6.07, 6.45) is 0.358. The van der Waals surface area contributed by atoms with Gasteiger partial charge >= 0.3 is 0 Å². The third-order valence-corrected chi connectivity index (χ3v) is 3.19. The molecule has 1 amide bonds. The van der Waals surface area contributed by atoms with E-state index in [-0.39, 0.29) is 12.7 Å². The molecule has 22 heavy (non-hydrogen) atoms. The van der Waals surface area contributed by atoms with Gasteiger partial charge in [0.15, 0.2) is 17.3 Å². The number of rotatable bonds is 6. The van der Waals surface area contributed by atoms with Crippen LogP contribution in [-0.2, 0) is 11.3 Å². The number of fused-ring (bicyclic) bond motifs is 1.